The van der Waals surface area contributed by atoms with Crippen LogP contribution in [-0.2, 0) is 10.0 Å². The van der Waals surface area contributed by atoms with Gasteiger partial charge in [0.1, 0.15) is 9.09 Å². The summed E-state index contributed by atoms with van der Waals surface area (Å²) in [5, 5.41) is 15.6. The van der Waals surface area contributed by atoms with Crippen LogP contribution in [-0.4, -0.2) is 34.7 Å². The van der Waals surface area contributed by atoms with Crippen molar-refractivity contribution in [1.29, 1.82) is 0 Å². The predicted molar refractivity (Wildman–Crippen MR) is 61.9 cm³/mol. The fraction of sp³-hybridized carbons (Fsp3) is 0. The van der Waals surface area contributed by atoms with E-state index in [-0.39, 0.29) is 15.0 Å². The van der Waals surface area contributed by atoms with Gasteiger partial charge >= 0.3 is 5.97 Å². The number of hydrogen-bond acceptors (Lipinski definition) is 7. The number of carboxylic acid groups (broad SMARTS) is 1. The number of sulfonamides is 1. The molecule has 0 bridgehead atoms. The SMILES string of the molecule is O=C(O)c1ccc(S(=O)(=O)Nc2nccnn2)s1. The molecule has 8 nitrogen and oxygen atoms in total. The molecule has 0 aliphatic carbocycles. The summed E-state index contributed by atoms with van der Waals surface area (Å²) in [6.07, 6.45) is 2.58. The molecule has 0 aliphatic rings. The number of nitrogens with zero attached hydrogens (tertiary/aromatic N) is 3. The topological polar surface area (TPSA) is 122 Å². The molecule has 0 aliphatic heterocycles. The van der Waals surface area contributed by atoms with E-state index in [0.717, 1.165) is 0 Å². The summed E-state index contributed by atoms with van der Waals surface area (Å²) in [5.41, 5.74) is 0. The van der Waals surface area contributed by atoms with E-state index in [2.05, 4.69) is 19.9 Å². The van der Waals surface area contributed by atoms with Crippen LogP contribution < -0.4 is 4.72 Å². The second kappa shape index (κ2) is 4.66. The summed E-state index contributed by atoms with van der Waals surface area (Å²) >= 11 is 0.641. The summed E-state index contributed by atoms with van der Waals surface area (Å²) in [7, 11) is -3.89. The molecule has 10 heteroatoms. The lowest BCUT2D eigenvalue weighted by atomic mass is 10.5. The Morgan fingerprint density at radius 1 is 1.33 bits per heavy atom. The third-order valence-electron chi connectivity index (χ3n) is 1.77. The van der Waals surface area contributed by atoms with Gasteiger partial charge in [-0.15, -0.1) is 16.4 Å². The van der Waals surface area contributed by atoms with Gasteiger partial charge in [0.2, 0.25) is 0 Å². The second-order valence-corrected chi connectivity index (χ2v) is 5.99. The minimum atomic E-state index is -3.89. The lowest BCUT2D eigenvalue weighted by Gasteiger charge is -2.02. The van der Waals surface area contributed by atoms with Gasteiger partial charge in [-0.25, -0.2) is 22.9 Å². The lowest BCUT2D eigenvalue weighted by Crippen LogP contribution is -2.14. The molecule has 0 saturated heterocycles. The number of hydrogen-bond donors (Lipinski definition) is 2. The van der Waals surface area contributed by atoms with Gasteiger partial charge in [-0.1, -0.05) is 0 Å². The maximum atomic E-state index is 11.8. The average molecular weight is 286 g/mol. The van der Waals surface area contributed by atoms with Gasteiger partial charge in [0.05, 0.1) is 12.4 Å². The smallest absolute Gasteiger partial charge is 0.345 e. The molecule has 18 heavy (non-hydrogen) atoms. The van der Waals surface area contributed by atoms with Crippen LogP contribution in [0.3, 0.4) is 0 Å². The lowest BCUT2D eigenvalue weighted by molar-refractivity contribution is 0.0702. The molecule has 0 saturated carbocycles. The molecule has 94 valence electrons. The highest BCUT2D eigenvalue weighted by molar-refractivity contribution is 7.94. The Hall–Kier alpha value is -2.07. The Morgan fingerprint density at radius 2 is 2.11 bits per heavy atom. The first kappa shape index (κ1) is 12.4. The molecule has 0 unspecified atom stereocenters. The van der Waals surface area contributed by atoms with Crippen LogP contribution in [0.1, 0.15) is 9.67 Å². The number of rotatable bonds is 4. The average Bonchev–Trinajstić information content (AvgIpc) is 2.79. The maximum absolute atomic E-state index is 11.8. The Morgan fingerprint density at radius 3 is 2.67 bits per heavy atom. The first-order chi connectivity index (χ1) is 8.49. The van der Waals surface area contributed by atoms with Crippen molar-refractivity contribution in [3.8, 4) is 0 Å². The summed E-state index contributed by atoms with van der Waals surface area (Å²) in [6.45, 7) is 0. The second-order valence-electron chi connectivity index (χ2n) is 3.00. The standard InChI is InChI=1S/C8H6N4O4S2/c13-7(14)5-1-2-6(17-5)18(15,16)12-8-9-3-4-10-11-8/h1-4H,(H,13,14)(H,9,11,12). The Balaban J connectivity index is 2.28. The van der Waals surface area contributed by atoms with E-state index in [1.165, 1.54) is 24.5 Å². The molecular weight excluding hydrogens is 280 g/mol. The fourth-order valence-corrected chi connectivity index (χ4v) is 3.14. The van der Waals surface area contributed by atoms with E-state index < -0.39 is 16.0 Å². The van der Waals surface area contributed by atoms with Gasteiger partial charge in [-0.05, 0) is 12.1 Å². The van der Waals surface area contributed by atoms with E-state index in [1.54, 1.807) is 0 Å². The molecule has 0 aromatic carbocycles. The van der Waals surface area contributed by atoms with Crippen molar-refractivity contribution in [1.82, 2.24) is 15.2 Å². The van der Waals surface area contributed by atoms with Crippen LogP contribution in [0.4, 0.5) is 5.95 Å². The van der Waals surface area contributed by atoms with Gasteiger partial charge in [0.15, 0.2) is 0 Å². The molecule has 2 N–H and O–H groups in total. The molecule has 0 atom stereocenters. The van der Waals surface area contributed by atoms with E-state index in [1.807, 2.05) is 0 Å². The van der Waals surface area contributed by atoms with Crippen molar-refractivity contribution >= 4 is 33.3 Å². The molecule has 0 fully saturated rings. The molecule has 2 heterocycles. The highest BCUT2D eigenvalue weighted by atomic mass is 32.2. The van der Waals surface area contributed by atoms with Gasteiger partial charge in [-0.3, -0.25) is 0 Å². The normalized spacial score (nSPS) is 11.1. The van der Waals surface area contributed by atoms with Gasteiger partial charge in [0, 0.05) is 0 Å². The quantitative estimate of drug-likeness (QED) is 0.835. The summed E-state index contributed by atoms with van der Waals surface area (Å²) < 4.78 is 25.6. The summed E-state index contributed by atoms with van der Waals surface area (Å²) in [6, 6.07) is 2.42. The highest BCUT2D eigenvalue weighted by Crippen LogP contribution is 2.22. The molecule has 0 amide bonds. The maximum Gasteiger partial charge on any atom is 0.345 e. The molecule has 2 aromatic heterocycles. The van der Waals surface area contributed by atoms with Crippen LogP contribution in [0, 0.1) is 0 Å². The summed E-state index contributed by atoms with van der Waals surface area (Å²) in [5.74, 6) is -1.36. The number of nitrogens with one attached hydrogen (secondary N) is 1. The highest BCUT2D eigenvalue weighted by Gasteiger charge is 2.20. The zero-order valence-electron chi connectivity index (χ0n) is 8.64. The molecule has 2 rings (SSSR count). The van der Waals surface area contributed by atoms with E-state index >= 15 is 0 Å². The third kappa shape index (κ3) is 2.60. The monoisotopic (exact) mass is 286 g/mol. The zero-order valence-corrected chi connectivity index (χ0v) is 10.3. The molecular formula is C8H6N4O4S2. The Kier molecular flexibility index (Phi) is 3.21. The van der Waals surface area contributed by atoms with Crippen LogP contribution >= 0.6 is 11.3 Å². The van der Waals surface area contributed by atoms with Crippen LogP contribution in [0.25, 0.3) is 0 Å². The van der Waals surface area contributed by atoms with Crippen molar-refractivity contribution in [2.45, 2.75) is 4.21 Å². The molecule has 0 spiro atoms. The first-order valence-corrected chi connectivity index (χ1v) is 6.78. The minimum Gasteiger partial charge on any atom is -0.477 e. The van der Waals surface area contributed by atoms with Crippen molar-refractivity contribution in [2.75, 3.05) is 4.72 Å². The number of anilines is 1. The number of carbonyl (C=O) groups is 1. The molecule has 2 aromatic rings. The van der Waals surface area contributed by atoms with Gasteiger partial charge < -0.3 is 5.11 Å². The predicted octanol–water partition coefficient (Wildman–Crippen LogP) is 0.432. The fourth-order valence-electron chi connectivity index (χ4n) is 1.04. The van der Waals surface area contributed by atoms with Crippen LogP contribution in [0.15, 0.2) is 28.7 Å². The summed E-state index contributed by atoms with van der Waals surface area (Å²) in [4.78, 5) is 14.2. The van der Waals surface area contributed by atoms with Crippen molar-refractivity contribution in [3.63, 3.8) is 0 Å². The van der Waals surface area contributed by atoms with Crippen molar-refractivity contribution in [2.24, 2.45) is 0 Å². The van der Waals surface area contributed by atoms with E-state index in [4.69, 9.17) is 5.11 Å². The van der Waals surface area contributed by atoms with E-state index in [0.29, 0.717) is 11.3 Å². The van der Waals surface area contributed by atoms with Crippen molar-refractivity contribution in [3.05, 3.63) is 29.4 Å². The largest absolute Gasteiger partial charge is 0.477 e. The van der Waals surface area contributed by atoms with Gasteiger partial charge in [-0.2, -0.15) is 5.10 Å². The number of aromatic carboxylic acids is 1. The first-order valence-electron chi connectivity index (χ1n) is 4.49. The third-order valence-corrected chi connectivity index (χ3v) is 4.66. The Labute approximate surface area is 105 Å². The zero-order chi connectivity index (χ0) is 13.2. The number of thiophene rings is 1. The number of aromatic nitrogens is 3. The van der Waals surface area contributed by atoms with Crippen molar-refractivity contribution < 1.29 is 18.3 Å². The van der Waals surface area contributed by atoms with Crippen LogP contribution in [0.5, 0.6) is 0 Å². The van der Waals surface area contributed by atoms with Crippen LogP contribution in [0.2, 0.25) is 0 Å². The Bertz CT molecular complexity index is 667. The van der Waals surface area contributed by atoms with E-state index in [9.17, 15) is 13.2 Å². The minimum absolute atomic E-state index is 0.0671. The van der Waals surface area contributed by atoms with Gasteiger partial charge in [0.25, 0.3) is 16.0 Å². The number of carboxylic acids is 1. The molecule has 0 radical (unpaired) electrons.